The predicted molar refractivity (Wildman–Crippen MR) is 67.1 cm³/mol. The predicted octanol–water partition coefficient (Wildman–Crippen LogP) is 0.440. The first-order valence-corrected chi connectivity index (χ1v) is 5.72. The Morgan fingerprint density at radius 1 is 1.53 bits per heavy atom. The minimum atomic E-state index is -0.486. The molecule has 7 heteroatoms. The van der Waals surface area contributed by atoms with Crippen LogP contribution in [0, 0.1) is 10.1 Å². The molecule has 0 heterocycles. The Bertz CT molecular complexity index is 448. The number of non-ortho nitro benzene ring substituents is 1. The van der Waals surface area contributed by atoms with Gasteiger partial charge in [0, 0.05) is 16.6 Å². The highest BCUT2D eigenvalue weighted by Crippen LogP contribution is 2.26. The van der Waals surface area contributed by atoms with E-state index >= 15 is 0 Å². The maximum absolute atomic E-state index is 11.5. The number of amides is 1. The molecule has 0 aliphatic rings. The maximum atomic E-state index is 11.5. The van der Waals surface area contributed by atoms with Crippen molar-refractivity contribution in [1.29, 1.82) is 0 Å². The summed E-state index contributed by atoms with van der Waals surface area (Å²) in [6.07, 6.45) is 0. The first-order chi connectivity index (χ1) is 7.90. The van der Waals surface area contributed by atoms with Crippen molar-refractivity contribution in [3.05, 3.63) is 32.8 Å². The Morgan fingerprint density at radius 3 is 2.65 bits per heavy atom. The third-order valence-corrected chi connectivity index (χ3v) is 2.61. The molecule has 2 N–H and O–H groups in total. The van der Waals surface area contributed by atoms with Crippen LogP contribution in [0.25, 0.3) is 0 Å². The fourth-order valence-corrected chi connectivity index (χ4v) is 1.70. The number of nitro benzene ring substituents is 1. The largest absolute Gasteiger partial charge is 0.332 e. The molecule has 1 aromatic rings. The molecule has 0 atom stereocenters. The summed E-state index contributed by atoms with van der Waals surface area (Å²) in [5.74, 6) is -0.139. The minimum absolute atomic E-state index is 0.0203. The van der Waals surface area contributed by atoms with Gasteiger partial charge in [0.1, 0.15) is 0 Å². The number of anilines is 1. The summed E-state index contributed by atoms with van der Waals surface area (Å²) in [5, 5.41) is 13.2. The molecule has 0 spiro atoms. The number of quaternary nitrogens is 1. The number of nitrogens with one attached hydrogen (secondary N) is 2. The van der Waals surface area contributed by atoms with E-state index in [1.54, 1.807) is 0 Å². The third kappa shape index (κ3) is 4.12. The van der Waals surface area contributed by atoms with Crippen molar-refractivity contribution in [3.8, 4) is 0 Å². The molecule has 0 aliphatic carbocycles. The summed E-state index contributed by atoms with van der Waals surface area (Å²) < 4.78 is 0.494. The summed E-state index contributed by atoms with van der Waals surface area (Å²) in [4.78, 5) is 22.5. The quantitative estimate of drug-likeness (QED) is 0.626. The number of nitrogens with zero attached hydrogens (tertiary/aromatic N) is 1. The number of hydrogen-bond donors (Lipinski definition) is 2. The van der Waals surface area contributed by atoms with Gasteiger partial charge in [-0.2, -0.15) is 0 Å². The molecule has 92 valence electrons. The van der Waals surface area contributed by atoms with Crippen LogP contribution in [0.4, 0.5) is 11.4 Å². The molecule has 1 aromatic carbocycles. The highest BCUT2D eigenvalue weighted by molar-refractivity contribution is 9.10. The second kappa shape index (κ2) is 5.74. The lowest BCUT2D eigenvalue weighted by molar-refractivity contribution is -0.849. The molecule has 17 heavy (non-hydrogen) atoms. The highest BCUT2D eigenvalue weighted by atomic mass is 79.9. The van der Waals surface area contributed by atoms with Crippen LogP contribution in [-0.4, -0.2) is 31.5 Å². The molecule has 0 saturated carbocycles. The van der Waals surface area contributed by atoms with E-state index < -0.39 is 4.92 Å². The van der Waals surface area contributed by atoms with Crippen molar-refractivity contribution in [2.75, 3.05) is 26.0 Å². The Kier molecular flexibility index (Phi) is 4.59. The Hall–Kier alpha value is -1.47. The number of halogens is 1. The average molecular weight is 303 g/mol. The SMILES string of the molecule is C[NH+](C)CC(=O)Nc1ccc([N+](=O)[O-])cc1Br. The third-order valence-electron chi connectivity index (χ3n) is 1.95. The zero-order chi connectivity index (χ0) is 13.0. The lowest BCUT2D eigenvalue weighted by atomic mass is 10.3. The van der Waals surface area contributed by atoms with Crippen molar-refractivity contribution in [1.82, 2.24) is 0 Å². The minimum Gasteiger partial charge on any atom is -0.332 e. The lowest BCUT2D eigenvalue weighted by Gasteiger charge is -2.09. The molecular formula is C10H13BrN3O3+. The summed E-state index contributed by atoms with van der Waals surface area (Å²) >= 11 is 3.18. The van der Waals surface area contributed by atoms with Gasteiger partial charge in [-0.3, -0.25) is 14.9 Å². The molecule has 0 saturated heterocycles. The maximum Gasteiger partial charge on any atom is 0.279 e. The summed E-state index contributed by atoms with van der Waals surface area (Å²) in [5.41, 5.74) is 0.509. The van der Waals surface area contributed by atoms with Crippen LogP contribution in [0.1, 0.15) is 0 Å². The number of rotatable bonds is 4. The van der Waals surface area contributed by atoms with Crippen molar-refractivity contribution < 1.29 is 14.6 Å². The van der Waals surface area contributed by atoms with E-state index in [9.17, 15) is 14.9 Å². The normalized spacial score (nSPS) is 10.4. The van der Waals surface area contributed by atoms with E-state index in [0.717, 1.165) is 4.90 Å². The van der Waals surface area contributed by atoms with Crippen LogP contribution in [0.3, 0.4) is 0 Å². The van der Waals surface area contributed by atoms with E-state index in [-0.39, 0.29) is 11.6 Å². The molecule has 1 amide bonds. The van der Waals surface area contributed by atoms with Crippen LogP contribution >= 0.6 is 15.9 Å². The first kappa shape index (κ1) is 13.6. The standard InChI is InChI=1S/C10H12BrN3O3/c1-13(2)6-10(15)12-9-4-3-7(14(16)17)5-8(9)11/h3-5H,6H2,1-2H3,(H,12,15)/p+1. The van der Waals surface area contributed by atoms with Crippen molar-refractivity contribution in [2.45, 2.75) is 0 Å². The number of carbonyl (C=O) groups excluding carboxylic acids is 1. The van der Waals surface area contributed by atoms with Gasteiger partial charge in [0.25, 0.3) is 11.6 Å². The van der Waals surface area contributed by atoms with Gasteiger partial charge in [0.2, 0.25) is 0 Å². The molecular weight excluding hydrogens is 290 g/mol. The fourth-order valence-electron chi connectivity index (χ4n) is 1.23. The Balaban J connectivity index is 2.79. The van der Waals surface area contributed by atoms with Gasteiger partial charge >= 0.3 is 0 Å². The van der Waals surface area contributed by atoms with Crippen LogP contribution in [0.15, 0.2) is 22.7 Å². The van der Waals surface area contributed by atoms with Crippen LogP contribution < -0.4 is 10.2 Å². The van der Waals surface area contributed by atoms with E-state index in [2.05, 4.69) is 21.2 Å². The molecule has 0 aliphatic heterocycles. The average Bonchev–Trinajstić information content (AvgIpc) is 2.19. The highest BCUT2D eigenvalue weighted by Gasteiger charge is 2.12. The van der Waals surface area contributed by atoms with Crippen molar-refractivity contribution in [3.63, 3.8) is 0 Å². The van der Waals surface area contributed by atoms with E-state index in [1.807, 2.05) is 14.1 Å². The van der Waals surface area contributed by atoms with Crippen LogP contribution in [0.2, 0.25) is 0 Å². The van der Waals surface area contributed by atoms with Crippen LogP contribution in [0.5, 0.6) is 0 Å². The molecule has 0 aromatic heterocycles. The van der Waals surface area contributed by atoms with Gasteiger partial charge < -0.3 is 10.2 Å². The molecule has 0 bridgehead atoms. The summed E-state index contributed by atoms with van der Waals surface area (Å²) in [6.45, 7) is 0.337. The van der Waals surface area contributed by atoms with Gasteiger partial charge in [0.15, 0.2) is 6.54 Å². The van der Waals surface area contributed by atoms with Gasteiger partial charge in [0.05, 0.1) is 24.7 Å². The Morgan fingerprint density at radius 2 is 2.18 bits per heavy atom. The number of carbonyl (C=O) groups is 1. The lowest BCUT2D eigenvalue weighted by Crippen LogP contribution is -3.06. The monoisotopic (exact) mass is 302 g/mol. The second-order valence-electron chi connectivity index (χ2n) is 3.85. The zero-order valence-electron chi connectivity index (χ0n) is 9.49. The molecule has 6 nitrogen and oxygen atoms in total. The number of likely N-dealkylation sites (N-methyl/N-ethyl adjacent to an activating group) is 1. The summed E-state index contributed by atoms with van der Waals surface area (Å²) in [7, 11) is 3.73. The van der Waals surface area contributed by atoms with E-state index in [0.29, 0.717) is 16.7 Å². The van der Waals surface area contributed by atoms with Gasteiger partial charge in [-0.1, -0.05) is 0 Å². The van der Waals surface area contributed by atoms with E-state index in [1.165, 1.54) is 18.2 Å². The fraction of sp³-hybridized carbons (Fsp3) is 0.300. The van der Waals surface area contributed by atoms with Crippen LogP contribution in [-0.2, 0) is 4.79 Å². The number of nitro groups is 1. The Labute approximate surface area is 107 Å². The van der Waals surface area contributed by atoms with Crippen molar-refractivity contribution in [2.24, 2.45) is 0 Å². The van der Waals surface area contributed by atoms with Gasteiger partial charge in [-0.25, -0.2) is 0 Å². The molecule has 0 fully saturated rings. The molecule has 0 unspecified atom stereocenters. The van der Waals surface area contributed by atoms with Gasteiger partial charge in [-0.05, 0) is 22.0 Å². The van der Waals surface area contributed by atoms with E-state index in [4.69, 9.17) is 0 Å². The number of benzene rings is 1. The zero-order valence-corrected chi connectivity index (χ0v) is 11.1. The second-order valence-corrected chi connectivity index (χ2v) is 4.71. The smallest absolute Gasteiger partial charge is 0.279 e. The van der Waals surface area contributed by atoms with Crippen molar-refractivity contribution >= 4 is 33.2 Å². The first-order valence-electron chi connectivity index (χ1n) is 4.93. The number of hydrogen-bond acceptors (Lipinski definition) is 3. The molecule has 1 rings (SSSR count). The molecule has 0 radical (unpaired) electrons. The topological polar surface area (TPSA) is 76.7 Å². The van der Waals surface area contributed by atoms with Gasteiger partial charge in [-0.15, -0.1) is 0 Å². The summed E-state index contributed by atoms with van der Waals surface area (Å²) in [6, 6.07) is 4.21.